The summed E-state index contributed by atoms with van der Waals surface area (Å²) in [4.78, 5) is 11.4. The molecule has 0 unspecified atom stereocenters. The highest BCUT2D eigenvalue weighted by Crippen LogP contribution is 2.22. The third-order valence-corrected chi connectivity index (χ3v) is 3.02. The molecule has 0 saturated carbocycles. The van der Waals surface area contributed by atoms with Crippen LogP contribution in [0.4, 0.5) is 0 Å². The maximum Gasteiger partial charge on any atom is 0.240 e. The van der Waals surface area contributed by atoms with Crippen LogP contribution >= 0.6 is 33.9 Å². The van der Waals surface area contributed by atoms with Gasteiger partial charge in [-0.15, -0.1) is 0 Å². The third kappa shape index (κ3) is 3.99. The number of carbonyl (C=O) groups is 1. The lowest BCUT2D eigenvalue weighted by Crippen LogP contribution is -2.11. The van der Waals surface area contributed by atoms with Gasteiger partial charge in [0.15, 0.2) is 5.78 Å². The fourth-order valence-electron chi connectivity index (χ4n) is 0.950. The molecule has 15 heavy (non-hydrogen) atoms. The minimum atomic E-state index is -3.87. The van der Waals surface area contributed by atoms with Crippen molar-refractivity contribution in [1.29, 1.82) is 0 Å². The highest BCUT2D eigenvalue weighted by molar-refractivity contribution is 8.14. The Morgan fingerprint density at radius 3 is 2.33 bits per heavy atom. The van der Waals surface area contributed by atoms with Gasteiger partial charge < -0.3 is 0 Å². The number of benzene rings is 1. The Morgan fingerprint density at radius 1 is 1.27 bits per heavy atom. The number of ketones is 1. The summed E-state index contributed by atoms with van der Waals surface area (Å²) < 4.78 is 21.3. The number of hydrogen-bond acceptors (Lipinski definition) is 3. The van der Waals surface area contributed by atoms with Gasteiger partial charge in [0.25, 0.3) is 0 Å². The average molecular weight is 288 g/mol. The normalized spacial score (nSPS) is 11.4. The van der Waals surface area contributed by atoms with Gasteiger partial charge in [0.1, 0.15) is 5.75 Å². The number of halogens is 3. The lowest BCUT2D eigenvalue weighted by atomic mass is 10.1. The summed E-state index contributed by atoms with van der Waals surface area (Å²) in [7, 11) is 1.08. The summed E-state index contributed by atoms with van der Waals surface area (Å²) in [6.45, 7) is 0. The molecular formula is C8H5Cl3O3S. The van der Waals surface area contributed by atoms with Crippen molar-refractivity contribution in [1.82, 2.24) is 0 Å². The maximum absolute atomic E-state index is 11.4. The summed E-state index contributed by atoms with van der Waals surface area (Å²) in [5.41, 5.74) is 0.0882. The Balaban J connectivity index is 3.02. The van der Waals surface area contributed by atoms with Gasteiger partial charge in [0.05, 0.1) is 5.02 Å². The van der Waals surface area contributed by atoms with E-state index in [1.807, 2.05) is 0 Å². The second-order valence-corrected chi connectivity index (χ2v) is 6.35. The van der Waals surface area contributed by atoms with Crippen LogP contribution in [0, 0.1) is 0 Å². The summed E-state index contributed by atoms with van der Waals surface area (Å²) in [6.07, 6.45) is 0. The van der Waals surface area contributed by atoms with Crippen LogP contribution in [0.5, 0.6) is 0 Å². The zero-order valence-corrected chi connectivity index (χ0v) is 10.3. The first kappa shape index (κ1) is 12.8. The van der Waals surface area contributed by atoms with E-state index in [4.69, 9.17) is 33.9 Å². The molecular weight excluding hydrogens is 283 g/mol. The van der Waals surface area contributed by atoms with Crippen LogP contribution in [0.25, 0.3) is 0 Å². The van der Waals surface area contributed by atoms with Crippen molar-refractivity contribution in [3.8, 4) is 0 Å². The SMILES string of the molecule is O=C(CS(=O)(=O)Cl)c1ccc(Cl)cc1Cl. The van der Waals surface area contributed by atoms with Crippen LogP contribution < -0.4 is 0 Å². The van der Waals surface area contributed by atoms with Crippen LogP contribution in [0.2, 0.25) is 10.0 Å². The van der Waals surface area contributed by atoms with Crippen molar-refractivity contribution in [3.63, 3.8) is 0 Å². The van der Waals surface area contributed by atoms with E-state index < -0.39 is 20.6 Å². The second kappa shape index (κ2) is 4.70. The Kier molecular flexibility index (Phi) is 4.00. The quantitative estimate of drug-likeness (QED) is 0.634. The van der Waals surface area contributed by atoms with Gasteiger partial charge in [0.2, 0.25) is 9.05 Å². The van der Waals surface area contributed by atoms with Gasteiger partial charge in [-0.2, -0.15) is 0 Å². The molecule has 1 aromatic rings. The average Bonchev–Trinajstić information content (AvgIpc) is 1.99. The van der Waals surface area contributed by atoms with Crippen LogP contribution in [0.3, 0.4) is 0 Å². The molecule has 0 bridgehead atoms. The molecule has 1 rings (SSSR count). The van der Waals surface area contributed by atoms with Crippen LogP contribution in [-0.2, 0) is 9.05 Å². The van der Waals surface area contributed by atoms with Crippen molar-refractivity contribution >= 4 is 48.7 Å². The molecule has 0 saturated heterocycles. The number of Topliss-reactive ketones (excluding diaryl/α,β-unsaturated/α-hetero) is 1. The van der Waals surface area contributed by atoms with E-state index in [-0.39, 0.29) is 10.6 Å². The molecule has 0 aromatic heterocycles. The summed E-state index contributed by atoms with van der Waals surface area (Å²) in [5, 5.41) is 0.470. The largest absolute Gasteiger partial charge is 0.293 e. The molecule has 3 nitrogen and oxygen atoms in total. The first-order valence-corrected chi connectivity index (χ1v) is 6.93. The molecule has 82 valence electrons. The maximum atomic E-state index is 11.4. The zero-order chi connectivity index (χ0) is 11.6. The van der Waals surface area contributed by atoms with E-state index in [1.54, 1.807) is 0 Å². The topological polar surface area (TPSA) is 51.2 Å². The van der Waals surface area contributed by atoms with E-state index in [9.17, 15) is 13.2 Å². The summed E-state index contributed by atoms with van der Waals surface area (Å²) >= 11 is 11.3. The van der Waals surface area contributed by atoms with Gasteiger partial charge in [-0.1, -0.05) is 23.2 Å². The van der Waals surface area contributed by atoms with Crippen molar-refractivity contribution in [2.24, 2.45) is 0 Å². The fourth-order valence-corrected chi connectivity index (χ4v) is 2.23. The Bertz CT molecular complexity index is 496. The van der Waals surface area contributed by atoms with Gasteiger partial charge in [-0.3, -0.25) is 4.79 Å². The van der Waals surface area contributed by atoms with E-state index >= 15 is 0 Å². The van der Waals surface area contributed by atoms with Crippen LogP contribution in [0.1, 0.15) is 10.4 Å². The smallest absolute Gasteiger partial charge is 0.240 e. The minimum absolute atomic E-state index is 0.0882. The Labute approximate surface area is 101 Å². The molecule has 0 aliphatic heterocycles. The summed E-state index contributed by atoms with van der Waals surface area (Å²) in [6, 6.07) is 4.16. The number of rotatable bonds is 3. The predicted molar refractivity (Wildman–Crippen MR) is 60.4 cm³/mol. The molecule has 0 fully saturated rings. The molecule has 0 aliphatic carbocycles. The monoisotopic (exact) mass is 286 g/mol. The Hall–Kier alpha value is -0.290. The molecule has 7 heteroatoms. The molecule has 0 atom stereocenters. The van der Waals surface area contributed by atoms with E-state index in [1.165, 1.54) is 18.2 Å². The van der Waals surface area contributed by atoms with Gasteiger partial charge in [-0.25, -0.2) is 8.42 Å². The zero-order valence-electron chi connectivity index (χ0n) is 7.21. The van der Waals surface area contributed by atoms with E-state index in [0.29, 0.717) is 5.02 Å². The highest BCUT2D eigenvalue weighted by Gasteiger charge is 2.17. The molecule has 0 aliphatic rings. The molecule has 0 N–H and O–H groups in total. The lowest BCUT2D eigenvalue weighted by molar-refractivity contribution is 0.102. The van der Waals surface area contributed by atoms with E-state index in [0.717, 1.165) is 0 Å². The predicted octanol–water partition coefficient (Wildman–Crippen LogP) is 2.74. The second-order valence-electron chi connectivity index (χ2n) is 2.73. The Morgan fingerprint density at radius 2 is 1.87 bits per heavy atom. The van der Waals surface area contributed by atoms with Crippen molar-refractivity contribution in [3.05, 3.63) is 33.8 Å². The summed E-state index contributed by atoms with van der Waals surface area (Å²) in [5.74, 6) is -1.44. The lowest BCUT2D eigenvalue weighted by Gasteiger charge is -2.01. The van der Waals surface area contributed by atoms with Crippen LogP contribution in [0.15, 0.2) is 18.2 Å². The molecule has 0 heterocycles. The molecule has 1 aromatic carbocycles. The molecule has 0 spiro atoms. The van der Waals surface area contributed by atoms with Gasteiger partial charge in [0, 0.05) is 21.3 Å². The molecule has 0 amide bonds. The standard InChI is InChI=1S/C8H5Cl3O3S/c9-5-1-2-6(7(10)3-5)8(12)4-15(11,13)14/h1-3H,4H2. The van der Waals surface area contributed by atoms with Gasteiger partial charge >= 0.3 is 0 Å². The van der Waals surface area contributed by atoms with Crippen molar-refractivity contribution in [2.75, 3.05) is 5.75 Å². The number of carbonyl (C=O) groups excluding carboxylic acids is 1. The third-order valence-electron chi connectivity index (χ3n) is 1.54. The van der Waals surface area contributed by atoms with Crippen LogP contribution in [-0.4, -0.2) is 20.0 Å². The van der Waals surface area contributed by atoms with E-state index in [2.05, 4.69) is 0 Å². The minimum Gasteiger partial charge on any atom is -0.293 e. The van der Waals surface area contributed by atoms with Crippen molar-refractivity contribution in [2.45, 2.75) is 0 Å². The first-order chi connectivity index (χ1) is 6.79. The van der Waals surface area contributed by atoms with Crippen molar-refractivity contribution < 1.29 is 13.2 Å². The van der Waals surface area contributed by atoms with Gasteiger partial charge in [-0.05, 0) is 18.2 Å². The number of hydrogen-bond donors (Lipinski definition) is 0. The highest BCUT2D eigenvalue weighted by atomic mass is 35.7. The fraction of sp³-hybridized carbons (Fsp3) is 0.125. The molecule has 0 radical (unpaired) electrons. The first-order valence-electron chi connectivity index (χ1n) is 3.70.